The number of aliphatic hydroxyl groups is 1. The van der Waals surface area contributed by atoms with Gasteiger partial charge in [0.05, 0.1) is 6.61 Å². The first kappa shape index (κ1) is 16.2. The highest BCUT2D eigenvalue weighted by Crippen LogP contribution is 2.20. The van der Waals surface area contributed by atoms with Crippen LogP contribution in [-0.2, 0) is 4.74 Å². The lowest BCUT2D eigenvalue weighted by atomic mass is 9.93. The van der Waals surface area contributed by atoms with Crippen LogP contribution in [0.15, 0.2) is 24.3 Å². The number of ether oxygens (including phenoxy) is 1. The monoisotopic (exact) mass is 264 g/mol. The topological polar surface area (TPSA) is 29.5 Å². The molecule has 1 unspecified atom stereocenters. The number of aliphatic hydroxyl groups excluding tert-OH is 1. The van der Waals surface area contributed by atoms with E-state index in [-0.39, 0.29) is 5.41 Å². The van der Waals surface area contributed by atoms with Crippen LogP contribution in [-0.4, -0.2) is 18.3 Å². The van der Waals surface area contributed by atoms with Gasteiger partial charge in [0, 0.05) is 6.61 Å². The molecule has 0 aliphatic rings. The summed E-state index contributed by atoms with van der Waals surface area (Å²) in [5, 5.41) is 10.1. The molecule has 0 amide bonds. The molecule has 1 rings (SSSR count). The van der Waals surface area contributed by atoms with E-state index in [4.69, 9.17) is 4.74 Å². The maximum Gasteiger partial charge on any atom is 0.102 e. The highest BCUT2D eigenvalue weighted by atomic mass is 16.5. The van der Waals surface area contributed by atoms with Gasteiger partial charge in [-0.25, -0.2) is 0 Å². The molecule has 1 aromatic rings. The Kier molecular flexibility index (Phi) is 6.02. The molecule has 1 N–H and O–H groups in total. The van der Waals surface area contributed by atoms with Crippen LogP contribution >= 0.6 is 0 Å². The molecule has 2 heteroatoms. The lowest BCUT2D eigenvalue weighted by Crippen LogP contribution is -2.13. The second kappa shape index (κ2) is 7.06. The second-order valence-electron chi connectivity index (χ2n) is 6.72. The summed E-state index contributed by atoms with van der Waals surface area (Å²) in [5.74, 6) is 0.522. The summed E-state index contributed by atoms with van der Waals surface area (Å²) in [5.41, 5.74) is 2.51. The van der Waals surface area contributed by atoms with Gasteiger partial charge in [0.25, 0.3) is 0 Å². The molecule has 1 aromatic carbocycles. The highest BCUT2D eigenvalue weighted by Gasteiger charge is 2.12. The minimum atomic E-state index is -0.527. The second-order valence-corrected chi connectivity index (χ2v) is 6.72. The zero-order valence-electron chi connectivity index (χ0n) is 12.9. The molecule has 0 saturated heterocycles. The molecule has 0 heterocycles. The SMILES string of the molecule is CC(C)c1ccc(C(O)COCCC(C)(C)C)cc1. The molecule has 0 saturated carbocycles. The van der Waals surface area contributed by atoms with Crippen LogP contribution in [0.3, 0.4) is 0 Å². The van der Waals surface area contributed by atoms with E-state index in [1.807, 2.05) is 12.1 Å². The number of rotatable bonds is 6. The van der Waals surface area contributed by atoms with Crippen molar-refractivity contribution in [3.63, 3.8) is 0 Å². The van der Waals surface area contributed by atoms with Crippen molar-refractivity contribution in [2.45, 2.75) is 53.1 Å². The summed E-state index contributed by atoms with van der Waals surface area (Å²) >= 11 is 0. The Bertz CT molecular complexity index is 360. The summed E-state index contributed by atoms with van der Waals surface area (Å²) in [6, 6.07) is 8.15. The maximum absolute atomic E-state index is 10.1. The van der Waals surface area contributed by atoms with E-state index in [0.717, 1.165) is 12.0 Å². The summed E-state index contributed by atoms with van der Waals surface area (Å²) in [7, 11) is 0. The third-order valence-corrected chi connectivity index (χ3v) is 3.26. The van der Waals surface area contributed by atoms with Gasteiger partial charge in [0.15, 0.2) is 0 Å². The molecule has 19 heavy (non-hydrogen) atoms. The highest BCUT2D eigenvalue weighted by molar-refractivity contribution is 5.26. The van der Waals surface area contributed by atoms with Crippen LogP contribution in [0.1, 0.15) is 64.2 Å². The fourth-order valence-electron chi connectivity index (χ4n) is 1.77. The van der Waals surface area contributed by atoms with Gasteiger partial charge in [-0.05, 0) is 28.9 Å². The lowest BCUT2D eigenvalue weighted by molar-refractivity contribution is 0.0263. The summed E-state index contributed by atoms with van der Waals surface area (Å²) < 4.78 is 5.55. The smallest absolute Gasteiger partial charge is 0.102 e. The Morgan fingerprint density at radius 2 is 1.58 bits per heavy atom. The molecule has 0 aromatic heterocycles. The van der Waals surface area contributed by atoms with Gasteiger partial charge in [-0.3, -0.25) is 0 Å². The van der Waals surface area contributed by atoms with Crippen LogP contribution < -0.4 is 0 Å². The third kappa shape index (κ3) is 6.22. The first-order valence-electron chi connectivity index (χ1n) is 7.15. The molecular formula is C17H28O2. The van der Waals surface area contributed by atoms with Gasteiger partial charge < -0.3 is 9.84 Å². The summed E-state index contributed by atoms with van der Waals surface area (Å²) in [4.78, 5) is 0. The molecule has 108 valence electrons. The quantitative estimate of drug-likeness (QED) is 0.776. The van der Waals surface area contributed by atoms with Crippen molar-refractivity contribution >= 4 is 0 Å². The molecule has 1 atom stereocenters. The number of hydrogen-bond donors (Lipinski definition) is 1. The van der Waals surface area contributed by atoms with Gasteiger partial charge in [-0.2, -0.15) is 0 Å². The van der Waals surface area contributed by atoms with Crippen molar-refractivity contribution in [2.75, 3.05) is 13.2 Å². The van der Waals surface area contributed by atoms with Crippen LogP contribution in [0.4, 0.5) is 0 Å². The van der Waals surface area contributed by atoms with Crippen molar-refractivity contribution < 1.29 is 9.84 Å². The molecule has 0 spiro atoms. The average Bonchev–Trinajstić information content (AvgIpc) is 2.33. The van der Waals surface area contributed by atoms with Gasteiger partial charge in [0.2, 0.25) is 0 Å². The lowest BCUT2D eigenvalue weighted by Gasteiger charge is -2.19. The van der Waals surface area contributed by atoms with Gasteiger partial charge in [0.1, 0.15) is 6.10 Å². The fourth-order valence-corrected chi connectivity index (χ4v) is 1.77. The van der Waals surface area contributed by atoms with E-state index in [2.05, 4.69) is 46.8 Å². The Morgan fingerprint density at radius 1 is 1.05 bits per heavy atom. The summed E-state index contributed by atoms with van der Waals surface area (Å²) in [6.45, 7) is 12.0. The van der Waals surface area contributed by atoms with E-state index >= 15 is 0 Å². The molecule has 0 aliphatic carbocycles. The van der Waals surface area contributed by atoms with Gasteiger partial charge in [-0.1, -0.05) is 58.9 Å². The third-order valence-electron chi connectivity index (χ3n) is 3.26. The van der Waals surface area contributed by atoms with Crippen molar-refractivity contribution in [1.82, 2.24) is 0 Å². The standard InChI is InChI=1S/C17H28O2/c1-13(2)14-6-8-15(9-7-14)16(18)12-19-11-10-17(3,4)5/h6-9,13,16,18H,10-12H2,1-5H3. The first-order chi connectivity index (χ1) is 8.79. The minimum Gasteiger partial charge on any atom is -0.386 e. The van der Waals surface area contributed by atoms with Crippen LogP contribution in [0.2, 0.25) is 0 Å². The maximum atomic E-state index is 10.1. The van der Waals surface area contributed by atoms with Crippen LogP contribution in [0.5, 0.6) is 0 Å². The van der Waals surface area contributed by atoms with E-state index in [0.29, 0.717) is 19.1 Å². The molecule has 0 bridgehead atoms. The minimum absolute atomic E-state index is 0.282. The Hall–Kier alpha value is -0.860. The molecule has 0 radical (unpaired) electrons. The largest absolute Gasteiger partial charge is 0.386 e. The number of hydrogen-bond acceptors (Lipinski definition) is 2. The van der Waals surface area contributed by atoms with E-state index in [1.165, 1.54) is 5.56 Å². The van der Waals surface area contributed by atoms with Crippen molar-refractivity contribution in [1.29, 1.82) is 0 Å². The molecular weight excluding hydrogens is 236 g/mol. The Morgan fingerprint density at radius 3 is 2.05 bits per heavy atom. The zero-order valence-corrected chi connectivity index (χ0v) is 12.9. The van der Waals surface area contributed by atoms with Crippen LogP contribution in [0.25, 0.3) is 0 Å². The number of benzene rings is 1. The van der Waals surface area contributed by atoms with E-state index in [1.54, 1.807) is 0 Å². The van der Waals surface area contributed by atoms with Crippen molar-refractivity contribution in [3.8, 4) is 0 Å². The zero-order chi connectivity index (χ0) is 14.5. The normalized spacial score (nSPS) is 13.8. The van der Waals surface area contributed by atoms with Crippen molar-refractivity contribution in [3.05, 3.63) is 35.4 Å². The van der Waals surface area contributed by atoms with Crippen LogP contribution in [0, 0.1) is 5.41 Å². The molecule has 0 aliphatic heterocycles. The van der Waals surface area contributed by atoms with Gasteiger partial charge >= 0.3 is 0 Å². The average molecular weight is 264 g/mol. The summed E-state index contributed by atoms with van der Waals surface area (Å²) in [6.07, 6.45) is 0.479. The van der Waals surface area contributed by atoms with Crippen molar-refractivity contribution in [2.24, 2.45) is 5.41 Å². The van der Waals surface area contributed by atoms with Gasteiger partial charge in [-0.15, -0.1) is 0 Å². The Balaban J connectivity index is 2.39. The van der Waals surface area contributed by atoms with E-state index < -0.39 is 6.10 Å². The fraction of sp³-hybridized carbons (Fsp3) is 0.647. The molecule has 2 nitrogen and oxygen atoms in total. The Labute approximate surface area is 117 Å². The first-order valence-corrected chi connectivity index (χ1v) is 7.15. The van der Waals surface area contributed by atoms with E-state index in [9.17, 15) is 5.11 Å². The predicted molar refractivity (Wildman–Crippen MR) is 80.4 cm³/mol. The predicted octanol–water partition coefficient (Wildman–Crippen LogP) is 4.30. The molecule has 0 fully saturated rings.